The smallest absolute Gasteiger partial charge is 0.260 e. The van der Waals surface area contributed by atoms with Crippen LogP contribution in [0.4, 0.5) is 0 Å². The number of nitrogens with one attached hydrogen (secondary N) is 1. The highest BCUT2D eigenvalue weighted by molar-refractivity contribution is 7.89. The third-order valence-electron chi connectivity index (χ3n) is 3.60. The monoisotopic (exact) mass is 313 g/mol. The van der Waals surface area contributed by atoms with Gasteiger partial charge in [0.1, 0.15) is 0 Å². The fourth-order valence-corrected chi connectivity index (χ4v) is 3.72. The van der Waals surface area contributed by atoms with Gasteiger partial charge in [0.2, 0.25) is 0 Å². The first-order chi connectivity index (χ1) is 10.1. The van der Waals surface area contributed by atoms with E-state index in [-0.39, 0.29) is 11.1 Å². The van der Waals surface area contributed by atoms with Crippen LogP contribution >= 0.6 is 0 Å². The van der Waals surface area contributed by atoms with E-state index in [2.05, 4.69) is 17.2 Å². The zero-order valence-electron chi connectivity index (χ0n) is 12.6. The number of nitrogens with zero attached hydrogens (tertiary/aromatic N) is 2. The van der Waals surface area contributed by atoms with E-state index < -0.39 is 10.0 Å². The fourth-order valence-electron chi connectivity index (χ4n) is 2.32. The van der Waals surface area contributed by atoms with Gasteiger partial charge in [0, 0.05) is 32.9 Å². The second kappa shape index (κ2) is 7.31. The van der Waals surface area contributed by atoms with Gasteiger partial charge in [-0.15, -0.1) is 0 Å². The van der Waals surface area contributed by atoms with E-state index in [1.54, 1.807) is 19.4 Å². The average molecular weight is 313 g/mol. The number of methoxy groups -OCH3 is 1. The molecule has 1 aromatic rings. The van der Waals surface area contributed by atoms with Crippen LogP contribution in [0.2, 0.25) is 0 Å². The highest BCUT2D eigenvalue weighted by Gasteiger charge is 2.33. The number of sulfonamides is 1. The maximum absolute atomic E-state index is 12.5. The van der Waals surface area contributed by atoms with Gasteiger partial charge in [-0.25, -0.2) is 13.4 Å². The first-order valence-electron chi connectivity index (χ1n) is 7.26. The van der Waals surface area contributed by atoms with Gasteiger partial charge in [-0.3, -0.25) is 0 Å². The van der Waals surface area contributed by atoms with Crippen LogP contribution in [0.15, 0.2) is 23.4 Å². The van der Waals surface area contributed by atoms with E-state index >= 15 is 0 Å². The Morgan fingerprint density at radius 1 is 1.48 bits per heavy atom. The van der Waals surface area contributed by atoms with Crippen molar-refractivity contribution in [2.24, 2.45) is 0 Å². The van der Waals surface area contributed by atoms with Crippen molar-refractivity contribution in [3.63, 3.8) is 0 Å². The van der Waals surface area contributed by atoms with Crippen molar-refractivity contribution in [2.45, 2.75) is 37.4 Å². The summed E-state index contributed by atoms with van der Waals surface area (Å²) in [5, 5.41) is 3.37. The molecule has 0 spiro atoms. The molecule has 21 heavy (non-hydrogen) atoms. The van der Waals surface area contributed by atoms with Crippen LogP contribution in [-0.4, -0.2) is 50.6 Å². The van der Waals surface area contributed by atoms with Crippen molar-refractivity contribution in [1.29, 1.82) is 0 Å². The molecule has 1 aromatic heterocycles. The summed E-state index contributed by atoms with van der Waals surface area (Å²) in [6.07, 6.45) is 3.40. The summed E-state index contributed by atoms with van der Waals surface area (Å²) in [5.74, 6) is 0. The number of hydrogen-bond acceptors (Lipinski definition) is 5. The molecule has 2 heterocycles. The fraction of sp³-hybridized carbons (Fsp3) is 0.643. The number of rotatable bonds is 7. The molecule has 1 aliphatic heterocycles. The summed E-state index contributed by atoms with van der Waals surface area (Å²) >= 11 is 0. The van der Waals surface area contributed by atoms with Gasteiger partial charge >= 0.3 is 0 Å². The van der Waals surface area contributed by atoms with Crippen LogP contribution in [0, 0.1) is 0 Å². The van der Waals surface area contributed by atoms with E-state index in [1.807, 2.05) is 6.07 Å². The van der Waals surface area contributed by atoms with Crippen LogP contribution in [0.1, 0.15) is 25.3 Å². The molecule has 1 N–H and O–H groups in total. The third-order valence-corrected chi connectivity index (χ3v) is 5.38. The first kappa shape index (κ1) is 16.4. The molecule has 1 unspecified atom stereocenters. The molecule has 0 aromatic carbocycles. The minimum Gasteiger partial charge on any atom is -0.380 e. The van der Waals surface area contributed by atoms with Crippen molar-refractivity contribution in [3.8, 4) is 0 Å². The van der Waals surface area contributed by atoms with E-state index in [0.29, 0.717) is 19.6 Å². The minimum atomic E-state index is -3.50. The Kier molecular flexibility index (Phi) is 5.69. The molecule has 7 heteroatoms. The van der Waals surface area contributed by atoms with Gasteiger partial charge in [0.05, 0.1) is 6.10 Å². The molecule has 0 radical (unpaired) electrons. The quantitative estimate of drug-likeness (QED) is 0.760. The summed E-state index contributed by atoms with van der Waals surface area (Å²) < 4.78 is 31.6. The zero-order chi connectivity index (χ0) is 15.3. The lowest BCUT2D eigenvalue weighted by molar-refractivity contribution is 0.115. The lowest BCUT2D eigenvalue weighted by Crippen LogP contribution is -2.30. The summed E-state index contributed by atoms with van der Waals surface area (Å²) in [7, 11) is -1.89. The van der Waals surface area contributed by atoms with Gasteiger partial charge in [-0.05, 0) is 31.0 Å². The van der Waals surface area contributed by atoms with E-state index in [0.717, 1.165) is 24.9 Å². The highest BCUT2D eigenvalue weighted by atomic mass is 32.2. The van der Waals surface area contributed by atoms with Gasteiger partial charge in [0.15, 0.2) is 5.03 Å². The third kappa shape index (κ3) is 4.00. The Bertz CT molecular complexity index is 545. The zero-order valence-corrected chi connectivity index (χ0v) is 13.4. The largest absolute Gasteiger partial charge is 0.380 e. The Hall–Kier alpha value is -1.02. The lowest BCUT2D eigenvalue weighted by Gasteiger charge is -2.15. The van der Waals surface area contributed by atoms with Crippen LogP contribution in [0.3, 0.4) is 0 Å². The molecule has 1 saturated heterocycles. The van der Waals surface area contributed by atoms with Gasteiger partial charge < -0.3 is 10.1 Å². The van der Waals surface area contributed by atoms with Crippen molar-refractivity contribution < 1.29 is 13.2 Å². The van der Waals surface area contributed by atoms with Crippen LogP contribution in [-0.2, 0) is 21.3 Å². The first-order valence-corrected chi connectivity index (χ1v) is 8.70. The van der Waals surface area contributed by atoms with Crippen molar-refractivity contribution >= 4 is 10.0 Å². The van der Waals surface area contributed by atoms with E-state index in [1.165, 1.54) is 4.31 Å². The summed E-state index contributed by atoms with van der Waals surface area (Å²) in [4.78, 5) is 4.11. The van der Waals surface area contributed by atoms with Crippen LogP contribution in [0.25, 0.3) is 0 Å². The molecule has 0 amide bonds. The predicted molar refractivity (Wildman–Crippen MR) is 80.4 cm³/mol. The standard InChI is InChI=1S/C14H23N3O3S/c1-3-7-15-9-12-4-5-14(16-10-12)21(18,19)17-8-6-13(11-17)20-2/h4-5,10,13,15H,3,6-9,11H2,1-2H3. The average Bonchev–Trinajstić information content (AvgIpc) is 2.98. The maximum atomic E-state index is 12.5. The molecule has 0 aliphatic carbocycles. The topological polar surface area (TPSA) is 71.5 Å². The number of pyridine rings is 1. The summed E-state index contributed by atoms with van der Waals surface area (Å²) in [6, 6.07) is 3.39. The van der Waals surface area contributed by atoms with Crippen molar-refractivity contribution in [3.05, 3.63) is 23.9 Å². The molecule has 0 bridgehead atoms. The summed E-state index contributed by atoms with van der Waals surface area (Å²) in [6.45, 7) is 4.63. The summed E-state index contributed by atoms with van der Waals surface area (Å²) in [5.41, 5.74) is 0.985. The van der Waals surface area contributed by atoms with E-state index in [9.17, 15) is 8.42 Å². The molecule has 1 aliphatic rings. The van der Waals surface area contributed by atoms with Crippen molar-refractivity contribution in [1.82, 2.24) is 14.6 Å². The van der Waals surface area contributed by atoms with E-state index in [4.69, 9.17) is 4.74 Å². The van der Waals surface area contributed by atoms with Gasteiger partial charge in [-0.1, -0.05) is 13.0 Å². The second-order valence-electron chi connectivity index (χ2n) is 5.19. The number of aromatic nitrogens is 1. The Balaban J connectivity index is 2.03. The minimum absolute atomic E-state index is 0.0164. The molecule has 1 atom stereocenters. The van der Waals surface area contributed by atoms with Crippen molar-refractivity contribution in [2.75, 3.05) is 26.7 Å². The van der Waals surface area contributed by atoms with Gasteiger partial charge in [0.25, 0.3) is 10.0 Å². The number of hydrogen-bond donors (Lipinski definition) is 1. The molecule has 1 fully saturated rings. The molecule has 0 saturated carbocycles. The van der Waals surface area contributed by atoms with Gasteiger partial charge in [-0.2, -0.15) is 4.31 Å². The molecular weight excluding hydrogens is 290 g/mol. The highest BCUT2D eigenvalue weighted by Crippen LogP contribution is 2.21. The van der Waals surface area contributed by atoms with Crippen LogP contribution < -0.4 is 5.32 Å². The maximum Gasteiger partial charge on any atom is 0.260 e. The molecule has 118 valence electrons. The van der Waals surface area contributed by atoms with Crippen LogP contribution in [0.5, 0.6) is 0 Å². The Morgan fingerprint density at radius 2 is 2.29 bits per heavy atom. The Labute approximate surface area is 126 Å². The second-order valence-corrected chi connectivity index (χ2v) is 7.08. The Morgan fingerprint density at radius 3 is 2.86 bits per heavy atom. The predicted octanol–water partition coefficient (Wildman–Crippen LogP) is 0.991. The SMILES string of the molecule is CCCNCc1ccc(S(=O)(=O)N2CCC(OC)C2)nc1. The normalized spacial score (nSPS) is 20.0. The molecule has 6 nitrogen and oxygen atoms in total. The molecular formula is C14H23N3O3S. The number of ether oxygens (including phenoxy) is 1. The lowest BCUT2D eigenvalue weighted by atomic mass is 10.3. The molecule has 2 rings (SSSR count).